The van der Waals surface area contributed by atoms with Crippen molar-refractivity contribution in [2.75, 3.05) is 45.6 Å². The second-order valence-electron chi connectivity index (χ2n) is 10.1. The molecular weight excluding hydrogens is 480 g/mol. The van der Waals surface area contributed by atoms with Gasteiger partial charge in [0.25, 0.3) is 0 Å². The van der Waals surface area contributed by atoms with Gasteiger partial charge in [0.15, 0.2) is 0 Å². The molecule has 10 nitrogen and oxygen atoms in total. The van der Waals surface area contributed by atoms with Crippen molar-refractivity contribution < 1.29 is 17.9 Å². The normalized spacial score (nSPS) is 23.2. The summed E-state index contributed by atoms with van der Waals surface area (Å²) in [6.07, 6.45) is 1.98. The first kappa shape index (κ1) is 27.9. The molecule has 0 aliphatic carbocycles. The maximum absolute atomic E-state index is 13.5. The number of nitrogens with one attached hydrogen (secondary N) is 2. The van der Waals surface area contributed by atoms with Crippen LogP contribution in [0.25, 0.3) is 0 Å². The molecule has 198 valence electrons. The zero-order valence-corrected chi connectivity index (χ0v) is 22.4. The van der Waals surface area contributed by atoms with E-state index in [9.17, 15) is 18.5 Å². The Labute approximate surface area is 214 Å². The number of benzene rings is 1. The topological polar surface area (TPSA) is 127 Å². The first-order chi connectivity index (χ1) is 17.0. The molecule has 2 aliphatic heterocycles. The Morgan fingerprint density at radius 1 is 1.19 bits per heavy atom. The van der Waals surface area contributed by atoms with Crippen LogP contribution >= 0.6 is 0 Å². The summed E-state index contributed by atoms with van der Waals surface area (Å²) in [5.74, 6) is -0.108. The number of nitrogens with zero attached hydrogens (tertiary/aromatic N) is 4. The highest BCUT2D eigenvalue weighted by molar-refractivity contribution is 7.89. The Bertz CT molecular complexity index is 1070. The summed E-state index contributed by atoms with van der Waals surface area (Å²) < 4.78 is 32.0. The van der Waals surface area contributed by atoms with Crippen LogP contribution in [0.15, 0.2) is 35.3 Å². The number of nitriles is 1. The standard InChI is InChI=1S/C25H38N6O4S/c1-19(2)16-22(27-24(29-36(4,33)34)30-12-14-35-15-13-30)23(32)28-25(17-26)10-11-31(18-25)20(3)21-8-6-5-7-9-21/h5-9,19-20,22H,10-16,18H2,1-4H3,(H,27,29)(H,28,32). The van der Waals surface area contributed by atoms with Crippen LogP contribution in [0.4, 0.5) is 0 Å². The van der Waals surface area contributed by atoms with Crippen molar-refractivity contribution in [1.29, 1.82) is 5.26 Å². The first-order valence-corrected chi connectivity index (χ1v) is 14.3. The summed E-state index contributed by atoms with van der Waals surface area (Å²) >= 11 is 0. The third kappa shape index (κ3) is 7.66. The molecular formula is C25H38N6O4S. The molecule has 0 saturated carbocycles. The van der Waals surface area contributed by atoms with Crippen molar-refractivity contribution >= 4 is 21.9 Å². The molecule has 0 aromatic heterocycles. The van der Waals surface area contributed by atoms with Gasteiger partial charge < -0.3 is 15.0 Å². The number of carbonyl (C=O) groups is 1. The number of sulfonamides is 1. The van der Waals surface area contributed by atoms with E-state index in [1.165, 1.54) is 0 Å². The van der Waals surface area contributed by atoms with Crippen LogP contribution in [0.2, 0.25) is 0 Å². The van der Waals surface area contributed by atoms with Crippen LogP contribution in [0.5, 0.6) is 0 Å². The summed E-state index contributed by atoms with van der Waals surface area (Å²) in [6.45, 7) is 8.95. The fourth-order valence-electron chi connectivity index (χ4n) is 4.58. The van der Waals surface area contributed by atoms with Gasteiger partial charge in [-0.25, -0.2) is 13.4 Å². The largest absolute Gasteiger partial charge is 0.378 e. The third-order valence-electron chi connectivity index (χ3n) is 6.57. The van der Waals surface area contributed by atoms with Gasteiger partial charge in [0.2, 0.25) is 21.9 Å². The number of hydrogen-bond acceptors (Lipinski definition) is 7. The lowest BCUT2D eigenvalue weighted by molar-refractivity contribution is -0.124. The molecule has 2 fully saturated rings. The maximum atomic E-state index is 13.5. The van der Waals surface area contributed by atoms with E-state index in [2.05, 4.69) is 45.1 Å². The van der Waals surface area contributed by atoms with Crippen molar-refractivity contribution in [3.05, 3.63) is 35.9 Å². The van der Waals surface area contributed by atoms with Crippen LogP contribution in [-0.2, 0) is 19.6 Å². The Balaban J connectivity index is 1.81. The van der Waals surface area contributed by atoms with E-state index in [1.54, 1.807) is 4.90 Å². The quantitative estimate of drug-likeness (QED) is 0.394. The molecule has 2 aliphatic rings. The Morgan fingerprint density at radius 3 is 2.44 bits per heavy atom. The summed E-state index contributed by atoms with van der Waals surface area (Å²) in [4.78, 5) is 22.1. The van der Waals surface area contributed by atoms with Crippen LogP contribution in [-0.4, -0.2) is 87.3 Å². The van der Waals surface area contributed by atoms with Gasteiger partial charge >= 0.3 is 0 Å². The van der Waals surface area contributed by atoms with Gasteiger partial charge in [-0.05, 0) is 31.2 Å². The molecule has 3 atom stereocenters. The average molecular weight is 519 g/mol. The highest BCUT2D eigenvalue weighted by Crippen LogP contribution is 2.30. The number of carbonyl (C=O) groups excluding carboxylic acids is 1. The maximum Gasteiger partial charge on any atom is 0.246 e. The van der Waals surface area contributed by atoms with Gasteiger partial charge in [-0.1, -0.05) is 44.2 Å². The first-order valence-electron chi connectivity index (χ1n) is 12.4. The molecule has 0 spiro atoms. The number of amides is 1. The molecule has 0 radical (unpaired) electrons. The molecule has 0 bridgehead atoms. The molecule has 1 aromatic rings. The molecule has 2 heterocycles. The van der Waals surface area contributed by atoms with Gasteiger partial charge in [0, 0.05) is 32.2 Å². The van der Waals surface area contributed by atoms with E-state index in [0.29, 0.717) is 52.2 Å². The smallest absolute Gasteiger partial charge is 0.246 e. The number of rotatable bonds is 8. The molecule has 1 aromatic carbocycles. The highest BCUT2D eigenvalue weighted by atomic mass is 32.2. The van der Waals surface area contributed by atoms with Crippen LogP contribution in [0.3, 0.4) is 0 Å². The number of morpholine rings is 1. The second-order valence-corrected chi connectivity index (χ2v) is 11.8. The fourth-order valence-corrected chi connectivity index (χ4v) is 5.09. The number of guanidine groups is 1. The van der Waals surface area contributed by atoms with E-state index < -0.39 is 21.6 Å². The van der Waals surface area contributed by atoms with Gasteiger partial charge in [0.05, 0.1) is 25.5 Å². The van der Waals surface area contributed by atoms with Crippen LogP contribution in [0, 0.1) is 17.2 Å². The van der Waals surface area contributed by atoms with Crippen molar-refractivity contribution in [3.63, 3.8) is 0 Å². The van der Waals surface area contributed by atoms with E-state index in [1.807, 2.05) is 32.0 Å². The van der Waals surface area contributed by atoms with Gasteiger partial charge in [-0.2, -0.15) is 5.26 Å². The Hall–Kier alpha value is -2.68. The lowest BCUT2D eigenvalue weighted by atomic mass is 9.98. The second kappa shape index (κ2) is 12.0. The van der Waals surface area contributed by atoms with E-state index in [-0.39, 0.29) is 23.8 Å². The lowest BCUT2D eigenvalue weighted by Gasteiger charge is -2.31. The van der Waals surface area contributed by atoms with E-state index in [4.69, 9.17) is 4.74 Å². The van der Waals surface area contributed by atoms with Crippen LogP contribution < -0.4 is 10.0 Å². The van der Waals surface area contributed by atoms with Crippen molar-refractivity contribution in [2.24, 2.45) is 10.9 Å². The Kier molecular flexibility index (Phi) is 9.33. The Morgan fingerprint density at radius 2 is 1.86 bits per heavy atom. The summed E-state index contributed by atoms with van der Waals surface area (Å²) in [5, 5.41) is 13.1. The molecule has 1 amide bonds. The summed E-state index contributed by atoms with van der Waals surface area (Å²) in [7, 11) is -3.61. The van der Waals surface area contributed by atoms with Crippen molar-refractivity contribution in [3.8, 4) is 6.07 Å². The lowest BCUT2D eigenvalue weighted by Crippen LogP contribution is -2.54. The minimum absolute atomic E-state index is 0.106. The molecule has 2 saturated heterocycles. The zero-order valence-electron chi connectivity index (χ0n) is 21.6. The van der Waals surface area contributed by atoms with E-state index >= 15 is 0 Å². The minimum atomic E-state index is -3.61. The van der Waals surface area contributed by atoms with E-state index in [0.717, 1.165) is 11.8 Å². The molecule has 3 unspecified atom stereocenters. The van der Waals surface area contributed by atoms with Gasteiger partial charge in [-0.3, -0.25) is 14.4 Å². The number of hydrogen-bond donors (Lipinski definition) is 2. The molecule has 3 rings (SSSR count). The molecule has 2 N–H and O–H groups in total. The van der Waals surface area contributed by atoms with Gasteiger partial charge in [0.1, 0.15) is 11.6 Å². The SMILES string of the molecule is CC(C)CC(N=C(NS(C)(=O)=O)N1CCOCC1)C(=O)NC1(C#N)CCN(C(C)c2ccccc2)C1. The third-order valence-corrected chi connectivity index (χ3v) is 7.12. The average Bonchev–Trinajstić information content (AvgIpc) is 3.27. The zero-order chi connectivity index (χ0) is 26.3. The number of ether oxygens (including phenoxy) is 1. The highest BCUT2D eigenvalue weighted by Gasteiger charge is 2.42. The summed E-state index contributed by atoms with van der Waals surface area (Å²) in [5.41, 5.74) is 0.121. The van der Waals surface area contributed by atoms with Crippen molar-refractivity contribution in [2.45, 2.75) is 51.2 Å². The predicted molar refractivity (Wildman–Crippen MR) is 139 cm³/mol. The number of aliphatic imine (C=N–C) groups is 1. The molecule has 36 heavy (non-hydrogen) atoms. The van der Waals surface area contributed by atoms with Crippen LogP contribution in [0.1, 0.15) is 45.2 Å². The molecule has 11 heteroatoms. The monoisotopic (exact) mass is 518 g/mol. The fraction of sp³-hybridized carbons (Fsp3) is 0.640. The number of likely N-dealkylation sites (tertiary alicyclic amines) is 1. The van der Waals surface area contributed by atoms with Crippen molar-refractivity contribution in [1.82, 2.24) is 19.8 Å². The predicted octanol–water partition coefficient (Wildman–Crippen LogP) is 1.48. The van der Waals surface area contributed by atoms with Gasteiger partial charge in [-0.15, -0.1) is 0 Å². The minimum Gasteiger partial charge on any atom is -0.378 e. The summed E-state index contributed by atoms with van der Waals surface area (Å²) in [6, 6.07) is 11.7.